The van der Waals surface area contributed by atoms with Crippen LogP contribution in [0.25, 0.3) is 0 Å². The summed E-state index contributed by atoms with van der Waals surface area (Å²) in [6, 6.07) is 1.97. The van der Waals surface area contributed by atoms with E-state index in [1.165, 1.54) is 18.4 Å². The zero-order valence-electron chi connectivity index (χ0n) is 8.35. The Kier molecular flexibility index (Phi) is 2.60. The highest BCUT2D eigenvalue weighted by molar-refractivity contribution is 9.10. The van der Waals surface area contributed by atoms with Gasteiger partial charge in [-0.3, -0.25) is 0 Å². The van der Waals surface area contributed by atoms with Crippen LogP contribution in [0, 0.1) is 5.95 Å². The Labute approximate surface area is 91.9 Å². The predicted octanol–water partition coefficient (Wildman–Crippen LogP) is 3.98. The first-order chi connectivity index (χ1) is 6.59. The average molecular weight is 258 g/mol. The standard InChI is InChI=1S/C11H13BrFN/c1-6(2)8-5-9(7-3-4-7)10(12)14-11(8)13/h5-7H,3-4H2,1-2H3. The van der Waals surface area contributed by atoms with E-state index in [1.807, 2.05) is 19.9 Å². The fourth-order valence-electron chi connectivity index (χ4n) is 1.59. The monoisotopic (exact) mass is 257 g/mol. The van der Waals surface area contributed by atoms with Gasteiger partial charge in [0.2, 0.25) is 5.95 Å². The minimum absolute atomic E-state index is 0.202. The van der Waals surface area contributed by atoms with Crippen LogP contribution in [0.15, 0.2) is 10.7 Å². The first-order valence-electron chi connectivity index (χ1n) is 4.95. The summed E-state index contributed by atoms with van der Waals surface area (Å²) in [5.74, 6) is 0.472. The van der Waals surface area contributed by atoms with Gasteiger partial charge in [-0.1, -0.05) is 13.8 Å². The molecule has 1 aliphatic carbocycles. The van der Waals surface area contributed by atoms with E-state index < -0.39 is 0 Å². The van der Waals surface area contributed by atoms with Gasteiger partial charge in [-0.15, -0.1) is 0 Å². The quantitative estimate of drug-likeness (QED) is 0.731. The van der Waals surface area contributed by atoms with Crippen molar-refractivity contribution in [1.29, 1.82) is 0 Å². The molecule has 1 fully saturated rings. The van der Waals surface area contributed by atoms with E-state index in [2.05, 4.69) is 20.9 Å². The summed E-state index contributed by atoms with van der Waals surface area (Å²) in [6.07, 6.45) is 2.42. The molecule has 1 heterocycles. The van der Waals surface area contributed by atoms with Gasteiger partial charge in [0.25, 0.3) is 0 Å². The highest BCUT2D eigenvalue weighted by Gasteiger charge is 2.27. The van der Waals surface area contributed by atoms with E-state index in [-0.39, 0.29) is 11.9 Å². The molecule has 76 valence electrons. The third-order valence-corrected chi connectivity index (χ3v) is 3.26. The molecule has 0 spiro atoms. The molecule has 1 aliphatic rings. The van der Waals surface area contributed by atoms with Gasteiger partial charge >= 0.3 is 0 Å². The summed E-state index contributed by atoms with van der Waals surface area (Å²) in [5, 5.41) is 0. The maximum atomic E-state index is 13.4. The molecule has 0 aromatic carbocycles. The van der Waals surface area contributed by atoms with Crippen molar-refractivity contribution in [2.24, 2.45) is 0 Å². The molecule has 0 radical (unpaired) electrons. The van der Waals surface area contributed by atoms with Crippen LogP contribution >= 0.6 is 15.9 Å². The summed E-state index contributed by atoms with van der Waals surface area (Å²) in [4.78, 5) is 3.91. The van der Waals surface area contributed by atoms with Crippen molar-refractivity contribution < 1.29 is 4.39 Å². The lowest BCUT2D eigenvalue weighted by Gasteiger charge is -2.10. The predicted molar refractivity (Wildman–Crippen MR) is 58.0 cm³/mol. The molecule has 0 unspecified atom stereocenters. The van der Waals surface area contributed by atoms with Crippen LogP contribution in [-0.2, 0) is 0 Å². The minimum atomic E-state index is -0.337. The highest BCUT2D eigenvalue weighted by Crippen LogP contribution is 2.43. The minimum Gasteiger partial charge on any atom is -0.212 e. The third-order valence-electron chi connectivity index (χ3n) is 2.62. The number of rotatable bonds is 2. The number of hydrogen-bond donors (Lipinski definition) is 0. The van der Waals surface area contributed by atoms with Crippen LogP contribution < -0.4 is 0 Å². The van der Waals surface area contributed by atoms with E-state index in [9.17, 15) is 4.39 Å². The van der Waals surface area contributed by atoms with Crippen LogP contribution in [-0.4, -0.2) is 4.98 Å². The van der Waals surface area contributed by atoms with Gasteiger partial charge in [-0.25, -0.2) is 4.98 Å². The largest absolute Gasteiger partial charge is 0.217 e. The fraction of sp³-hybridized carbons (Fsp3) is 0.545. The van der Waals surface area contributed by atoms with Crippen LogP contribution in [0.5, 0.6) is 0 Å². The Morgan fingerprint density at radius 2 is 2.14 bits per heavy atom. The summed E-state index contributed by atoms with van der Waals surface area (Å²) >= 11 is 3.32. The first kappa shape index (κ1) is 10.1. The molecule has 1 nitrogen and oxygen atoms in total. The van der Waals surface area contributed by atoms with E-state index in [0.29, 0.717) is 10.5 Å². The van der Waals surface area contributed by atoms with Gasteiger partial charge < -0.3 is 0 Å². The molecule has 2 rings (SSSR count). The Morgan fingerprint density at radius 1 is 1.50 bits per heavy atom. The van der Waals surface area contributed by atoms with Gasteiger partial charge in [0.15, 0.2) is 0 Å². The molecule has 14 heavy (non-hydrogen) atoms. The van der Waals surface area contributed by atoms with Gasteiger partial charge in [0.1, 0.15) is 4.60 Å². The van der Waals surface area contributed by atoms with Crippen LogP contribution in [0.2, 0.25) is 0 Å². The molecule has 0 amide bonds. The molecular formula is C11H13BrFN. The summed E-state index contributed by atoms with van der Waals surface area (Å²) in [6.45, 7) is 3.98. The number of aromatic nitrogens is 1. The van der Waals surface area contributed by atoms with Crippen molar-refractivity contribution in [3.8, 4) is 0 Å². The normalized spacial score (nSPS) is 16.4. The zero-order valence-corrected chi connectivity index (χ0v) is 9.94. The van der Waals surface area contributed by atoms with Gasteiger partial charge in [0.05, 0.1) is 0 Å². The molecule has 3 heteroatoms. The van der Waals surface area contributed by atoms with E-state index in [4.69, 9.17) is 0 Å². The van der Waals surface area contributed by atoms with Crippen molar-refractivity contribution >= 4 is 15.9 Å². The highest BCUT2D eigenvalue weighted by atomic mass is 79.9. The Balaban J connectivity index is 2.45. The Morgan fingerprint density at radius 3 is 2.64 bits per heavy atom. The molecular weight excluding hydrogens is 245 g/mol. The second kappa shape index (κ2) is 3.61. The van der Waals surface area contributed by atoms with E-state index in [1.54, 1.807) is 0 Å². The second-order valence-corrected chi connectivity index (χ2v) is 4.93. The topological polar surface area (TPSA) is 12.9 Å². The second-order valence-electron chi connectivity index (χ2n) is 4.18. The number of nitrogens with zero attached hydrogens (tertiary/aromatic N) is 1. The fourth-order valence-corrected chi connectivity index (χ4v) is 2.18. The summed E-state index contributed by atoms with van der Waals surface area (Å²) in [5.41, 5.74) is 1.91. The molecule has 0 bridgehead atoms. The van der Waals surface area contributed by atoms with Crippen LogP contribution in [0.3, 0.4) is 0 Å². The maximum absolute atomic E-state index is 13.4. The number of pyridine rings is 1. The van der Waals surface area contributed by atoms with Crippen molar-refractivity contribution in [2.75, 3.05) is 0 Å². The average Bonchev–Trinajstić information content (AvgIpc) is 2.86. The van der Waals surface area contributed by atoms with Gasteiger partial charge in [-0.05, 0) is 52.2 Å². The Hall–Kier alpha value is -0.440. The van der Waals surface area contributed by atoms with Crippen molar-refractivity contribution in [1.82, 2.24) is 4.98 Å². The van der Waals surface area contributed by atoms with E-state index in [0.717, 1.165) is 5.56 Å². The van der Waals surface area contributed by atoms with Gasteiger partial charge in [0, 0.05) is 5.56 Å². The molecule has 0 atom stereocenters. The molecule has 1 aromatic rings. The molecule has 0 saturated heterocycles. The SMILES string of the molecule is CC(C)c1cc(C2CC2)c(Br)nc1F. The molecule has 1 aromatic heterocycles. The van der Waals surface area contributed by atoms with Gasteiger partial charge in [-0.2, -0.15) is 4.39 Å². The van der Waals surface area contributed by atoms with Crippen molar-refractivity contribution in [3.05, 3.63) is 27.7 Å². The lowest BCUT2D eigenvalue weighted by Crippen LogP contribution is -2.00. The van der Waals surface area contributed by atoms with Crippen LogP contribution in [0.4, 0.5) is 4.39 Å². The van der Waals surface area contributed by atoms with E-state index >= 15 is 0 Å². The molecule has 0 aliphatic heterocycles. The Bertz CT molecular complexity index is 335. The number of hydrogen-bond acceptors (Lipinski definition) is 1. The molecule has 1 saturated carbocycles. The number of halogens is 2. The lowest BCUT2D eigenvalue weighted by atomic mass is 10.0. The smallest absolute Gasteiger partial charge is 0.212 e. The lowest BCUT2D eigenvalue weighted by molar-refractivity contribution is 0.552. The van der Waals surface area contributed by atoms with Crippen LogP contribution in [0.1, 0.15) is 49.7 Å². The third kappa shape index (κ3) is 1.83. The summed E-state index contributed by atoms with van der Waals surface area (Å²) in [7, 11) is 0. The maximum Gasteiger partial charge on any atom is 0.217 e. The molecule has 0 N–H and O–H groups in total. The van der Waals surface area contributed by atoms with Crippen molar-refractivity contribution in [2.45, 2.75) is 38.5 Å². The zero-order chi connectivity index (χ0) is 10.3. The summed E-state index contributed by atoms with van der Waals surface area (Å²) < 4.78 is 14.1. The van der Waals surface area contributed by atoms with Crippen molar-refractivity contribution in [3.63, 3.8) is 0 Å². The first-order valence-corrected chi connectivity index (χ1v) is 5.74.